The van der Waals surface area contributed by atoms with Gasteiger partial charge >= 0.3 is 0 Å². The van der Waals surface area contributed by atoms with Crippen LogP contribution in [0.15, 0.2) is 89.8 Å². The fourth-order valence-electron chi connectivity index (χ4n) is 5.78. The molecular weight excluding hydrogens is 534 g/mol. The Labute approximate surface area is 233 Å². The quantitative estimate of drug-likeness (QED) is 0.357. The van der Waals surface area contributed by atoms with Gasteiger partial charge in [-0.1, -0.05) is 54.1 Å². The first kappa shape index (κ1) is 25.8. The molecule has 4 aromatic carbocycles. The van der Waals surface area contributed by atoms with Gasteiger partial charge in [0, 0.05) is 36.8 Å². The van der Waals surface area contributed by atoms with E-state index in [-0.39, 0.29) is 16.8 Å². The number of sulfonamides is 1. The van der Waals surface area contributed by atoms with E-state index in [1.807, 2.05) is 35.2 Å². The van der Waals surface area contributed by atoms with Crippen LogP contribution in [-0.4, -0.2) is 57.4 Å². The molecule has 1 saturated heterocycles. The van der Waals surface area contributed by atoms with Crippen LogP contribution in [0.4, 0.5) is 0 Å². The summed E-state index contributed by atoms with van der Waals surface area (Å²) >= 11 is 6.00. The van der Waals surface area contributed by atoms with Crippen molar-refractivity contribution in [3.05, 3.63) is 107 Å². The van der Waals surface area contributed by atoms with Crippen LogP contribution < -0.4 is 9.46 Å². The number of benzene rings is 4. The van der Waals surface area contributed by atoms with Gasteiger partial charge < -0.3 is 9.64 Å². The normalized spacial score (nSPS) is 19.4. The van der Waals surface area contributed by atoms with Crippen molar-refractivity contribution < 1.29 is 17.9 Å². The Kier molecular flexibility index (Phi) is 6.81. The molecule has 1 aliphatic heterocycles. The molecule has 0 saturated carbocycles. The monoisotopic (exact) mass is 561 g/mol. The third-order valence-corrected chi connectivity index (χ3v) is 9.37. The molecule has 1 N–H and O–H groups in total. The topological polar surface area (TPSA) is 79.0 Å². The summed E-state index contributed by atoms with van der Waals surface area (Å²) in [5, 5.41) is 2.64. The summed E-state index contributed by atoms with van der Waals surface area (Å²) in [6.45, 7) is 2.30. The third-order valence-electron chi connectivity index (χ3n) is 7.66. The van der Waals surface area contributed by atoms with Gasteiger partial charge in [-0.2, -0.15) is 0 Å². The van der Waals surface area contributed by atoms with E-state index < -0.39 is 16.1 Å². The number of piperazine rings is 1. The summed E-state index contributed by atoms with van der Waals surface area (Å²) in [6, 6.07) is 24.9. The lowest BCUT2D eigenvalue weighted by atomic mass is 10.0. The molecule has 2 unspecified atom stereocenters. The maximum Gasteiger partial charge on any atom is 0.254 e. The highest BCUT2D eigenvalue weighted by atomic mass is 35.5. The number of nitrogens with zero attached hydrogens (tertiary/aromatic N) is 2. The van der Waals surface area contributed by atoms with Gasteiger partial charge in [-0.05, 0) is 64.4 Å². The summed E-state index contributed by atoms with van der Waals surface area (Å²) in [5.41, 5.74) is 2.65. The molecule has 9 heteroatoms. The lowest BCUT2D eigenvalue weighted by molar-refractivity contribution is 0.0539. The summed E-state index contributed by atoms with van der Waals surface area (Å²) < 4.78 is 35.3. The zero-order valence-electron chi connectivity index (χ0n) is 21.4. The van der Waals surface area contributed by atoms with E-state index in [0.29, 0.717) is 42.5 Å². The highest BCUT2D eigenvalue weighted by molar-refractivity contribution is 7.89. The van der Waals surface area contributed by atoms with Crippen LogP contribution in [0.3, 0.4) is 0 Å². The van der Waals surface area contributed by atoms with Crippen LogP contribution in [0.5, 0.6) is 5.75 Å². The minimum Gasteiger partial charge on any atom is -0.497 e. The van der Waals surface area contributed by atoms with Gasteiger partial charge in [0.2, 0.25) is 10.0 Å². The SMILES string of the molecule is COc1cccc(C(=O)N2CCN(C3c4cccc5cccc(c45)C3NS(=O)(=O)c3ccc(Cl)cc3)CC2)c1. The van der Waals surface area contributed by atoms with Gasteiger partial charge in [-0.3, -0.25) is 9.69 Å². The third kappa shape index (κ3) is 4.78. The largest absolute Gasteiger partial charge is 0.497 e. The maximum absolute atomic E-state index is 13.5. The predicted molar refractivity (Wildman–Crippen MR) is 152 cm³/mol. The van der Waals surface area contributed by atoms with Crippen LogP contribution in [0.25, 0.3) is 10.8 Å². The molecule has 2 atom stereocenters. The lowest BCUT2D eigenvalue weighted by Crippen LogP contribution is -2.51. The first-order valence-electron chi connectivity index (χ1n) is 12.8. The smallest absolute Gasteiger partial charge is 0.254 e. The summed E-state index contributed by atoms with van der Waals surface area (Å²) in [4.78, 5) is 17.5. The van der Waals surface area contributed by atoms with E-state index in [4.69, 9.17) is 16.3 Å². The molecule has 0 spiro atoms. The fourth-order valence-corrected chi connectivity index (χ4v) is 7.13. The van der Waals surface area contributed by atoms with Crippen molar-refractivity contribution in [2.24, 2.45) is 0 Å². The zero-order valence-corrected chi connectivity index (χ0v) is 23.0. The molecule has 1 aliphatic carbocycles. The number of methoxy groups -OCH3 is 1. The lowest BCUT2D eigenvalue weighted by Gasteiger charge is -2.40. The predicted octanol–water partition coefficient (Wildman–Crippen LogP) is 5.03. The summed E-state index contributed by atoms with van der Waals surface area (Å²) in [6.07, 6.45) is 0. The average Bonchev–Trinajstić information content (AvgIpc) is 3.27. The van der Waals surface area contributed by atoms with Crippen molar-refractivity contribution in [2.45, 2.75) is 17.0 Å². The number of carbonyl (C=O) groups excluding carboxylic acids is 1. The second-order valence-corrected chi connectivity index (χ2v) is 12.0. The van der Waals surface area contributed by atoms with E-state index in [1.165, 1.54) is 12.1 Å². The molecule has 1 heterocycles. The van der Waals surface area contributed by atoms with Gasteiger partial charge in [0.15, 0.2) is 0 Å². The second-order valence-electron chi connectivity index (χ2n) is 9.85. The minimum atomic E-state index is -3.83. The van der Waals surface area contributed by atoms with Gasteiger partial charge in [-0.25, -0.2) is 13.1 Å². The fraction of sp³-hybridized carbons (Fsp3) is 0.233. The molecule has 1 fully saturated rings. The Morgan fingerprint density at radius 2 is 1.56 bits per heavy atom. The van der Waals surface area contributed by atoms with E-state index in [0.717, 1.165) is 21.9 Å². The number of carbonyl (C=O) groups is 1. The number of ether oxygens (including phenoxy) is 1. The van der Waals surface area contributed by atoms with Crippen LogP contribution >= 0.6 is 11.6 Å². The Balaban J connectivity index is 1.29. The Bertz CT molecular complexity index is 1650. The highest BCUT2D eigenvalue weighted by Gasteiger charge is 2.41. The van der Waals surface area contributed by atoms with Crippen LogP contribution in [-0.2, 0) is 10.0 Å². The van der Waals surface area contributed by atoms with Gasteiger partial charge in [0.05, 0.1) is 24.1 Å². The van der Waals surface area contributed by atoms with Gasteiger partial charge in [-0.15, -0.1) is 0 Å². The Hall–Kier alpha value is -3.43. The molecule has 200 valence electrons. The van der Waals surface area contributed by atoms with Crippen molar-refractivity contribution in [3.63, 3.8) is 0 Å². The number of hydrogen-bond acceptors (Lipinski definition) is 5. The van der Waals surface area contributed by atoms with E-state index >= 15 is 0 Å². The average molecular weight is 562 g/mol. The first-order chi connectivity index (χ1) is 18.9. The molecule has 0 aromatic heterocycles. The Morgan fingerprint density at radius 3 is 2.26 bits per heavy atom. The number of rotatable bonds is 6. The Morgan fingerprint density at radius 1 is 0.897 bits per heavy atom. The van der Waals surface area contributed by atoms with Crippen molar-refractivity contribution in [3.8, 4) is 5.75 Å². The zero-order chi connectivity index (χ0) is 27.1. The van der Waals surface area contributed by atoms with E-state index in [2.05, 4.69) is 27.8 Å². The molecule has 0 bridgehead atoms. The number of halogens is 1. The van der Waals surface area contributed by atoms with Crippen molar-refractivity contribution in [1.82, 2.24) is 14.5 Å². The minimum absolute atomic E-state index is 0.0367. The highest BCUT2D eigenvalue weighted by Crippen LogP contribution is 2.48. The second kappa shape index (κ2) is 10.3. The molecular formula is C30H28ClN3O4S. The number of nitrogens with one attached hydrogen (secondary N) is 1. The van der Waals surface area contributed by atoms with Crippen LogP contribution in [0.2, 0.25) is 5.02 Å². The first-order valence-corrected chi connectivity index (χ1v) is 14.7. The van der Waals surface area contributed by atoms with Crippen molar-refractivity contribution in [1.29, 1.82) is 0 Å². The van der Waals surface area contributed by atoms with Crippen LogP contribution in [0.1, 0.15) is 33.6 Å². The summed E-state index contributed by atoms with van der Waals surface area (Å²) in [7, 11) is -2.24. The molecule has 2 aliphatic rings. The number of hydrogen-bond donors (Lipinski definition) is 1. The van der Waals surface area contributed by atoms with Crippen molar-refractivity contribution >= 4 is 38.3 Å². The van der Waals surface area contributed by atoms with E-state index in [9.17, 15) is 13.2 Å². The molecule has 4 aromatic rings. The molecule has 7 nitrogen and oxygen atoms in total. The van der Waals surface area contributed by atoms with Crippen molar-refractivity contribution in [2.75, 3.05) is 33.3 Å². The summed E-state index contributed by atoms with van der Waals surface area (Å²) in [5.74, 6) is 0.609. The van der Waals surface area contributed by atoms with Crippen LogP contribution in [0, 0.1) is 0 Å². The maximum atomic E-state index is 13.5. The molecule has 0 radical (unpaired) electrons. The van der Waals surface area contributed by atoms with Gasteiger partial charge in [0.25, 0.3) is 5.91 Å². The standard InChI is InChI=1S/C30H28ClN3O4S/c1-38-23-8-2-7-21(19-23)30(35)34-17-15-33(16-18-34)29-26-10-4-6-20-5-3-9-25(27(20)26)28(29)32-39(36,37)24-13-11-22(31)12-14-24/h2-14,19,28-29,32H,15-18H2,1H3. The van der Waals surface area contributed by atoms with Gasteiger partial charge in [0.1, 0.15) is 5.75 Å². The number of amides is 1. The van der Waals surface area contributed by atoms with E-state index in [1.54, 1.807) is 31.4 Å². The molecule has 39 heavy (non-hydrogen) atoms. The molecule has 1 amide bonds. The molecule has 6 rings (SSSR count).